The van der Waals surface area contributed by atoms with Crippen molar-refractivity contribution in [2.24, 2.45) is 0 Å². The normalized spacial score (nSPS) is 10.1. The van der Waals surface area contributed by atoms with Crippen molar-refractivity contribution in [3.8, 4) is 17.3 Å². The summed E-state index contributed by atoms with van der Waals surface area (Å²) in [7, 11) is 0. The third-order valence-corrected chi connectivity index (χ3v) is 3.13. The fourth-order valence-corrected chi connectivity index (χ4v) is 1.89. The number of nitro groups is 1. The molecule has 18 heavy (non-hydrogen) atoms. The molecule has 0 unspecified atom stereocenters. The number of benzene rings is 1. The zero-order valence-electron chi connectivity index (χ0n) is 8.78. The summed E-state index contributed by atoms with van der Waals surface area (Å²) in [5.41, 5.74) is 1.24. The molecule has 0 fully saturated rings. The molecule has 0 saturated heterocycles. The molecule has 0 aliphatic rings. The van der Waals surface area contributed by atoms with Gasteiger partial charge in [0, 0.05) is 12.1 Å². The van der Waals surface area contributed by atoms with E-state index in [0.717, 1.165) is 0 Å². The average molecular weight is 282 g/mol. The summed E-state index contributed by atoms with van der Waals surface area (Å²) in [6.07, 6.45) is 0. The van der Waals surface area contributed by atoms with Crippen LogP contribution in [0.4, 0.5) is 5.69 Å². The van der Waals surface area contributed by atoms with E-state index in [9.17, 15) is 10.1 Å². The van der Waals surface area contributed by atoms with Crippen LogP contribution in [0.2, 0.25) is 10.2 Å². The molecule has 2 aromatic rings. The molecule has 1 aromatic heterocycles. The number of nitro benzene ring substituents is 1. The molecule has 1 heterocycles. The van der Waals surface area contributed by atoms with E-state index in [4.69, 9.17) is 28.5 Å². The van der Waals surface area contributed by atoms with Crippen molar-refractivity contribution in [3.05, 3.63) is 50.1 Å². The Bertz CT molecular complexity index is 656. The number of non-ortho nitro benzene ring substituents is 1. The van der Waals surface area contributed by atoms with E-state index in [1.165, 1.54) is 24.3 Å². The van der Waals surface area contributed by atoms with Crippen molar-refractivity contribution < 1.29 is 4.92 Å². The average Bonchev–Trinajstić information content (AvgIpc) is 2.65. The summed E-state index contributed by atoms with van der Waals surface area (Å²) in [5, 5.41) is 19.8. The Hall–Kier alpha value is -2.03. The Morgan fingerprint density at radius 3 is 2.39 bits per heavy atom. The second-order valence-electron chi connectivity index (χ2n) is 3.42. The topological polar surface area (TPSA) is 82.7 Å². The number of H-pyrrole nitrogens is 1. The van der Waals surface area contributed by atoms with E-state index in [1.54, 1.807) is 0 Å². The van der Waals surface area contributed by atoms with Gasteiger partial charge in [0.05, 0.1) is 21.2 Å². The minimum absolute atomic E-state index is 0.0268. The van der Waals surface area contributed by atoms with Gasteiger partial charge in [0.25, 0.3) is 5.69 Å². The number of nitrogens with one attached hydrogen (secondary N) is 1. The molecule has 0 aliphatic heterocycles. The van der Waals surface area contributed by atoms with Gasteiger partial charge in [-0.05, 0) is 17.7 Å². The molecule has 5 nitrogen and oxygen atoms in total. The van der Waals surface area contributed by atoms with Crippen LogP contribution in [0, 0.1) is 21.4 Å². The van der Waals surface area contributed by atoms with Gasteiger partial charge in [0.2, 0.25) is 0 Å². The predicted molar refractivity (Wildman–Crippen MR) is 67.6 cm³/mol. The SMILES string of the molecule is N#Cc1c(-c2ccc([N+](=O)[O-])cc2)[nH]c(Cl)c1Cl. The Labute approximate surface area is 112 Å². The number of aromatic nitrogens is 1. The molecule has 90 valence electrons. The number of aromatic amines is 1. The number of hydrogen-bond acceptors (Lipinski definition) is 3. The first-order valence-corrected chi connectivity index (χ1v) is 5.52. The second kappa shape index (κ2) is 4.69. The third-order valence-electron chi connectivity index (χ3n) is 2.38. The minimum atomic E-state index is -0.496. The molecule has 7 heteroatoms. The Morgan fingerprint density at radius 1 is 1.28 bits per heavy atom. The summed E-state index contributed by atoms with van der Waals surface area (Å²) >= 11 is 11.6. The molecule has 0 saturated carbocycles. The lowest BCUT2D eigenvalue weighted by atomic mass is 10.1. The highest BCUT2D eigenvalue weighted by Gasteiger charge is 2.16. The van der Waals surface area contributed by atoms with E-state index < -0.39 is 4.92 Å². The molecular weight excluding hydrogens is 277 g/mol. The summed E-state index contributed by atoms with van der Waals surface area (Å²) < 4.78 is 0. The molecule has 0 radical (unpaired) electrons. The van der Waals surface area contributed by atoms with Crippen LogP contribution in [0.25, 0.3) is 11.3 Å². The molecule has 1 N–H and O–H groups in total. The van der Waals surface area contributed by atoms with Gasteiger partial charge in [-0.2, -0.15) is 5.26 Å². The van der Waals surface area contributed by atoms with Crippen LogP contribution in [0.3, 0.4) is 0 Å². The number of nitrogens with zero attached hydrogens (tertiary/aromatic N) is 2. The van der Waals surface area contributed by atoms with Crippen LogP contribution < -0.4 is 0 Å². The lowest BCUT2D eigenvalue weighted by molar-refractivity contribution is -0.384. The van der Waals surface area contributed by atoms with Gasteiger partial charge in [0.1, 0.15) is 11.2 Å². The lowest BCUT2D eigenvalue weighted by Gasteiger charge is -1.98. The Kier molecular flexibility index (Phi) is 3.24. The van der Waals surface area contributed by atoms with Gasteiger partial charge in [0.15, 0.2) is 0 Å². The first kappa shape index (κ1) is 12.4. The van der Waals surface area contributed by atoms with Gasteiger partial charge >= 0.3 is 0 Å². The molecular formula is C11H5Cl2N3O2. The number of halogens is 2. The zero-order valence-corrected chi connectivity index (χ0v) is 10.3. The first-order valence-electron chi connectivity index (χ1n) is 4.76. The van der Waals surface area contributed by atoms with Crippen molar-refractivity contribution in [1.82, 2.24) is 4.98 Å². The number of nitriles is 1. The van der Waals surface area contributed by atoms with Crippen LogP contribution in [0.5, 0.6) is 0 Å². The fraction of sp³-hybridized carbons (Fsp3) is 0. The number of hydrogen-bond donors (Lipinski definition) is 1. The molecule has 0 bridgehead atoms. The fourth-order valence-electron chi connectivity index (χ4n) is 1.52. The molecule has 2 rings (SSSR count). The van der Waals surface area contributed by atoms with Crippen LogP contribution in [-0.2, 0) is 0 Å². The predicted octanol–water partition coefficient (Wildman–Crippen LogP) is 3.77. The van der Waals surface area contributed by atoms with Crippen LogP contribution in [-0.4, -0.2) is 9.91 Å². The van der Waals surface area contributed by atoms with Gasteiger partial charge in [-0.3, -0.25) is 10.1 Å². The van der Waals surface area contributed by atoms with Crippen LogP contribution in [0.15, 0.2) is 24.3 Å². The maximum Gasteiger partial charge on any atom is 0.269 e. The van der Waals surface area contributed by atoms with E-state index in [0.29, 0.717) is 11.3 Å². The van der Waals surface area contributed by atoms with Crippen molar-refractivity contribution >= 4 is 28.9 Å². The summed E-state index contributed by atoms with van der Waals surface area (Å²) in [6.45, 7) is 0. The van der Waals surface area contributed by atoms with E-state index in [-0.39, 0.29) is 21.4 Å². The van der Waals surface area contributed by atoms with Gasteiger partial charge < -0.3 is 4.98 Å². The van der Waals surface area contributed by atoms with Gasteiger partial charge in [-0.25, -0.2) is 0 Å². The molecule has 0 aliphatic carbocycles. The largest absolute Gasteiger partial charge is 0.343 e. The highest BCUT2D eigenvalue weighted by Crippen LogP contribution is 2.34. The molecule has 0 amide bonds. The maximum absolute atomic E-state index is 10.5. The summed E-state index contributed by atoms with van der Waals surface area (Å²) in [6, 6.07) is 7.68. The number of rotatable bonds is 2. The second-order valence-corrected chi connectivity index (χ2v) is 4.17. The third kappa shape index (κ3) is 2.04. The zero-order chi connectivity index (χ0) is 13.3. The smallest absolute Gasteiger partial charge is 0.269 e. The maximum atomic E-state index is 10.5. The monoisotopic (exact) mass is 281 g/mol. The van der Waals surface area contributed by atoms with Crippen molar-refractivity contribution in [1.29, 1.82) is 5.26 Å². The summed E-state index contributed by atoms with van der Waals surface area (Å²) in [4.78, 5) is 12.8. The van der Waals surface area contributed by atoms with Crippen LogP contribution in [0.1, 0.15) is 5.56 Å². The Morgan fingerprint density at radius 2 is 1.89 bits per heavy atom. The molecule has 0 spiro atoms. The highest BCUT2D eigenvalue weighted by atomic mass is 35.5. The van der Waals surface area contributed by atoms with Crippen molar-refractivity contribution in [3.63, 3.8) is 0 Å². The Balaban J connectivity index is 2.53. The van der Waals surface area contributed by atoms with Crippen LogP contribution >= 0.6 is 23.2 Å². The molecule has 1 aromatic carbocycles. The van der Waals surface area contributed by atoms with Crippen molar-refractivity contribution in [2.45, 2.75) is 0 Å². The van der Waals surface area contributed by atoms with E-state index in [1.807, 2.05) is 6.07 Å². The van der Waals surface area contributed by atoms with E-state index >= 15 is 0 Å². The standard InChI is InChI=1S/C11H5Cl2N3O2/c12-9-8(5-14)10(15-11(9)13)6-1-3-7(4-2-6)16(17)18/h1-4,15H. The quantitative estimate of drug-likeness (QED) is 0.672. The van der Waals surface area contributed by atoms with Gasteiger partial charge in [-0.15, -0.1) is 0 Å². The minimum Gasteiger partial charge on any atom is -0.343 e. The van der Waals surface area contributed by atoms with Crippen molar-refractivity contribution in [2.75, 3.05) is 0 Å². The first-order chi connectivity index (χ1) is 8.54. The highest BCUT2D eigenvalue weighted by molar-refractivity contribution is 6.42. The lowest BCUT2D eigenvalue weighted by Crippen LogP contribution is -1.88. The van der Waals surface area contributed by atoms with Gasteiger partial charge in [-0.1, -0.05) is 23.2 Å². The summed E-state index contributed by atoms with van der Waals surface area (Å²) in [5.74, 6) is 0. The molecule has 0 atom stereocenters. The van der Waals surface area contributed by atoms with E-state index in [2.05, 4.69) is 4.98 Å².